The third kappa shape index (κ3) is 5.14. The third-order valence-corrected chi connectivity index (χ3v) is 12.7. The van der Waals surface area contributed by atoms with Crippen molar-refractivity contribution >= 4 is 76.1 Å². The van der Waals surface area contributed by atoms with Crippen molar-refractivity contribution in [2.24, 2.45) is 0 Å². The normalized spacial score (nSPS) is 11.9. The summed E-state index contributed by atoms with van der Waals surface area (Å²) in [5.74, 6) is 0.648. The van der Waals surface area contributed by atoms with Crippen molar-refractivity contribution in [2.75, 3.05) is 0 Å². The van der Waals surface area contributed by atoms with Gasteiger partial charge >= 0.3 is 0 Å². The van der Waals surface area contributed by atoms with Gasteiger partial charge in [-0.2, -0.15) is 0 Å². The summed E-state index contributed by atoms with van der Waals surface area (Å²) in [7, 11) is 0. The minimum atomic E-state index is 0.648. The fourth-order valence-corrected chi connectivity index (χ4v) is 10.0. The van der Waals surface area contributed by atoms with Gasteiger partial charge in [-0.25, -0.2) is 9.97 Å². The van der Waals surface area contributed by atoms with Gasteiger partial charge in [-0.05, 0) is 86.9 Å². The van der Waals surface area contributed by atoms with Gasteiger partial charge in [0, 0.05) is 43.6 Å². The molecule has 0 aliphatic heterocycles. The Balaban J connectivity index is 1.04. The van der Waals surface area contributed by atoms with Crippen LogP contribution in [0.5, 0.6) is 0 Å². The van der Waals surface area contributed by atoms with E-state index in [1.165, 1.54) is 60.2 Å². The topological polar surface area (TPSA) is 35.6 Å². The van der Waals surface area contributed by atoms with Gasteiger partial charge in [0.2, 0.25) is 5.95 Å². The molecule has 0 radical (unpaired) electrons. The number of aromatic nitrogens is 4. The molecule has 4 heteroatoms. The molecule has 0 aliphatic rings. The molecule has 0 amide bonds. The van der Waals surface area contributed by atoms with E-state index in [0.29, 0.717) is 5.95 Å². The summed E-state index contributed by atoms with van der Waals surface area (Å²) in [6.45, 7) is 0. The van der Waals surface area contributed by atoms with Crippen molar-refractivity contribution in [3.8, 4) is 45.1 Å². The molecule has 0 aliphatic carbocycles. The van der Waals surface area contributed by atoms with Gasteiger partial charge in [0.15, 0.2) is 0 Å². The van der Waals surface area contributed by atoms with Crippen molar-refractivity contribution in [1.29, 1.82) is 0 Å². The lowest BCUT2D eigenvalue weighted by Crippen LogP contribution is -2.03. The molecule has 0 fully saturated rings. The van der Waals surface area contributed by atoms with Crippen LogP contribution in [0.15, 0.2) is 218 Å². The van der Waals surface area contributed by atoms with Crippen LogP contribution in [-0.2, 0) is 0 Å². The molecule has 62 heavy (non-hydrogen) atoms. The predicted octanol–water partition coefficient (Wildman–Crippen LogP) is 15.1. The Labute approximate surface area is 357 Å². The highest BCUT2D eigenvalue weighted by Gasteiger charge is 2.22. The van der Waals surface area contributed by atoms with Crippen LogP contribution in [0.2, 0.25) is 0 Å². The molecule has 0 bridgehead atoms. The average molecular weight is 789 g/mol. The zero-order valence-corrected chi connectivity index (χ0v) is 33.6. The van der Waals surface area contributed by atoms with Gasteiger partial charge in [-0.1, -0.05) is 170 Å². The number of fused-ring (bicyclic) bond motifs is 10. The first-order valence-electron chi connectivity index (χ1n) is 21.2. The number of rotatable bonds is 5. The van der Waals surface area contributed by atoms with Crippen molar-refractivity contribution in [2.45, 2.75) is 0 Å². The largest absolute Gasteiger partial charge is 0.309 e. The number of para-hydroxylation sites is 4. The molecule has 0 unspecified atom stereocenters. The van der Waals surface area contributed by atoms with Gasteiger partial charge < -0.3 is 4.57 Å². The maximum absolute atomic E-state index is 5.53. The van der Waals surface area contributed by atoms with Crippen molar-refractivity contribution < 1.29 is 0 Å². The lowest BCUT2D eigenvalue weighted by atomic mass is 9.93. The SMILES string of the molecule is c1ccc(-c2ccc(-c3nc(-n4c5ccccc5c5cc(-c6cc7c8ccccc8n(-c8ccccc8)c7c7ccccc67)ccc54)nc4ccccc34)c3ccccc23)cc1. The second kappa shape index (κ2) is 13.6. The minimum Gasteiger partial charge on any atom is -0.309 e. The van der Waals surface area contributed by atoms with Crippen LogP contribution in [0.4, 0.5) is 0 Å². The first-order valence-corrected chi connectivity index (χ1v) is 21.2. The summed E-state index contributed by atoms with van der Waals surface area (Å²) in [6.07, 6.45) is 0. The lowest BCUT2D eigenvalue weighted by molar-refractivity contribution is 1.01. The van der Waals surface area contributed by atoms with Crippen molar-refractivity contribution in [3.05, 3.63) is 218 Å². The van der Waals surface area contributed by atoms with Crippen LogP contribution >= 0.6 is 0 Å². The van der Waals surface area contributed by atoms with Crippen LogP contribution in [0.1, 0.15) is 0 Å². The Morgan fingerprint density at radius 1 is 0.290 bits per heavy atom. The predicted molar refractivity (Wildman–Crippen MR) is 260 cm³/mol. The molecule has 0 spiro atoms. The zero-order chi connectivity index (χ0) is 40.7. The van der Waals surface area contributed by atoms with E-state index in [9.17, 15) is 0 Å². The van der Waals surface area contributed by atoms with E-state index in [4.69, 9.17) is 9.97 Å². The molecule has 3 heterocycles. The number of hydrogen-bond acceptors (Lipinski definition) is 2. The van der Waals surface area contributed by atoms with Gasteiger partial charge in [-0.15, -0.1) is 0 Å². The van der Waals surface area contributed by atoms with E-state index in [1.54, 1.807) is 0 Å². The Morgan fingerprint density at radius 2 is 0.823 bits per heavy atom. The summed E-state index contributed by atoms with van der Waals surface area (Å²) in [5, 5.41) is 10.6. The van der Waals surface area contributed by atoms with Gasteiger partial charge in [-0.3, -0.25) is 4.57 Å². The Hall–Kier alpha value is -8.34. The average Bonchev–Trinajstić information content (AvgIpc) is 3.86. The number of hydrogen-bond donors (Lipinski definition) is 0. The van der Waals surface area contributed by atoms with Crippen LogP contribution in [0.25, 0.3) is 121 Å². The molecule has 0 N–H and O–H groups in total. The Kier molecular flexibility index (Phi) is 7.57. The maximum Gasteiger partial charge on any atom is 0.235 e. The number of benzene rings is 10. The molecule has 10 aromatic carbocycles. The Morgan fingerprint density at radius 3 is 1.56 bits per heavy atom. The van der Waals surface area contributed by atoms with Gasteiger partial charge in [0.1, 0.15) is 0 Å². The number of nitrogens with zero attached hydrogens (tertiary/aromatic N) is 4. The van der Waals surface area contributed by atoms with E-state index >= 15 is 0 Å². The van der Waals surface area contributed by atoms with E-state index in [2.05, 4.69) is 228 Å². The molecule has 0 atom stereocenters. The molecular weight excluding hydrogens is 753 g/mol. The highest BCUT2D eigenvalue weighted by molar-refractivity contribution is 6.22. The first kappa shape index (κ1) is 34.5. The molecule has 13 aromatic rings. The molecule has 3 aromatic heterocycles. The van der Waals surface area contributed by atoms with E-state index in [1.807, 2.05) is 0 Å². The smallest absolute Gasteiger partial charge is 0.235 e. The summed E-state index contributed by atoms with van der Waals surface area (Å²) < 4.78 is 4.67. The molecule has 0 saturated heterocycles. The minimum absolute atomic E-state index is 0.648. The van der Waals surface area contributed by atoms with Gasteiger partial charge in [0.25, 0.3) is 0 Å². The van der Waals surface area contributed by atoms with Crippen molar-refractivity contribution in [3.63, 3.8) is 0 Å². The summed E-state index contributed by atoms with van der Waals surface area (Å²) in [6, 6.07) is 78.5. The zero-order valence-electron chi connectivity index (χ0n) is 33.6. The van der Waals surface area contributed by atoms with E-state index in [-0.39, 0.29) is 0 Å². The second-order valence-corrected chi connectivity index (χ2v) is 16.1. The fraction of sp³-hybridized carbons (Fsp3) is 0. The molecule has 13 rings (SSSR count). The summed E-state index contributed by atoms with van der Waals surface area (Å²) >= 11 is 0. The quantitative estimate of drug-likeness (QED) is 0.174. The van der Waals surface area contributed by atoms with Crippen molar-refractivity contribution in [1.82, 2.24) is 19.1 Å². The van der Waals surface area contributed by atoms with E-state index in [0.717, 1.165) is 55.0 Å². The lowest BCUT2D eigenvalue weighted by Gasteiger charge is -2.15. The highest BCUT2D eigenvalue weighted by Crippen LogP contribution is 2.44. The van der Waals surface area contributed by atoms with Crippen LogP contribution < -0.4 is 0 Å². The second-order valence-electron chi connectivity index (χ2n) is 16.1. The summed E-state index contributed by atoms with van der Waals surface area (Å²) in [5.41, 5.74) is 13.4. The monoisotopic (exact) mass is 788 g/mol. The maximum atomic E-state index is 5.53. The van der Waals surface area contributed by atoms with E-state index < -0.39 is 0 Å². The summed E-state index contributed by atoms with van der Waals surface area (Å²) in [4.78, 5) is 10.8. The highest BCUT2D eigenvalue weighted by atomic mass is 15.2. The van der Waals surface area contributed by atoms with Gasteiger partial charge in [0.05, 0.1) is 33.3 Å². The first-order chi connectivity index (χ1) is 30.8. The van der Waals surface area contributed by atoms with Crippen LogP contribution in [-0.4, -0.2) is 19.1 Å². The molecular formula is C58H36N4. The third-order valence-electron chi connectivity index (χ3n) is 12.7. The molecule has 288 valence electrons. The van der Waals surface area contributed by atoms with Crippen LogP contribution in [0, 0.1) is 0 Å². The fourth-order valence-electron chi connectivity index (χ4n) is 10.0. The van der Waals surface area contributed by atoms with Crippen LogP contribution in [0.3, 0.4) is 0 Å². The molecule has 0 saturated carbocycles. The standard InChI is InChI=1S/C58H36N4/c1-3-17-37(18-4-1)40-32-33-46(42-22-8-7-21-41(40)42)56-48-27-11-14-28-52(48)59-58(60-56)62-54-30-16-12-24-44(54)50-35-38(31-34-55(50)62)49-36-51-45-25-13-15-29-53(45)61(39-19-5-2-6-20-39)57(51)47-26-10-9-23-43(47)49/h1-36H. The molecule has 4 nitrogen and oxygen atoms in total. The Bertz CT molecular complexity index is 3920.